The van der Waals surface area contributed by atoms with Crippen LogP contribution in [0.1, 0.15) is 36.8 Å². The van der Waals surface area contributed by atoms with Gasteiger partial charge in [0.1, 0.15) is 12.6 Å². The summed E-state index contributed by atoms with van der Waals surface area (Å²) in [6.07, 6.45) is 4.13. The van der Waals surface area contributed by atoms with Crippen LogP contribution in [0.2, 0.25) is 5.02 Å². The van der Waals surface area contributed by atoms with E-state index in [4.69, 9.17) is 11.6 Å². The summed E-state index contributed by atoms with van der Waals surface area (Å²) in [5.74, 6) is -0.760. The molecule has 0 radical (unpaired) electrons. The summed E-state index contributed by atoms with van der Waals surface area (Å²) < 4.78 is 30.0. The van der Waals surface area contributed by atoms with E-state index in [1.54, 1.807) is 54.6 Å². The zero-order valence-electron chi connectivity index (χ0n) is 24.7. The summed E-state index contributed by atoms with van der Waals surface area (Å²) >= 11 is 9.57. The van der Waals surface area contributed by atoms with Crippen LogP contribution in [0.5, 0.6) is 0 Å². The fourth-order valence-electron chi connectivity index (χ4n) is 5.56. The van der Waals surface area contributed by atoms with E-state index >= 15 is 0 Å². The summed E-state index contributed by atoms with van der Waals surface area (Å²) in [7, 11) is -4.14. The normalized spacial score (nSPS) is 14.1. The Morgan fingerprint density at radius 1 is 0.822 bits per heavy atom. The van der Waals surface area contributed by atoms with Gasteiger partial charge in [-0.3, -0.25) is 13.9 Å². The van der Waals surface area contributed by atoms with Crippen LogP contribution in [0.3, 0.4) is 0 Å². The monoisotopic (exact) mass is 707 g/mol. The zero-order chi connectivity index (χ0) is 31.8. The van der Waals surface area contributed by atoms with E-state index in [1.807, 2.05) is 42.5 Å². The molecule has 0 saturated heterocycles. The lowest BCUT2D eigenvalue weighted by Crippen LogP contribution is -2.54. The Morgan fingerprint density at radius 2 is 1.42 bits per heavy atom. The lowest BCUT2D eigenvalue weighted by atomic mass is 10.0. The highest BCUT2D eigenvalue weighted by atomic mass is 79.9. The van der Waals surface area contributed by atoms with Crippen molar-refractivity contribution in [2.75, 3.05) is 10.8 Å². The van der Waals surface area contributed by atoms with Crippen LogP contribution >= 0.6 is 27.5 Å². The van der Waals surface area contributed by atoms with Crippen molar-refractivity contribution in [3.05, 3.63) is 130 Å². The first-order valence-electron chi connectivity index (χ1n) is 14.9. The molecule has 10 heteroatoms. The maximum atomic E-state index is 14.5. The number of nitrogens with zero attached hydrogens (tertiary/aromatic N) is 2. The van der Waals surface area contributed by atoms with Crippen LogP contribution in [0.25, 0.3) is 0 Å². The molecule has 0 heterocycles. The first-order chi connectivity index (χ1) is 21.7. The summed E-state index contributed by atoms with van der Waals surface area (Å²) in [5.41, 5.74) is 1.98. The molecule has 1 N–H and O–H groups in total. The van der Waals surface area contributed by atoms with Crippen LogP contribution in [0.15, 0.2) is 119 Å². The lowest BCUT2D eigenvalue weighted by molar-refractivity contribution is -0.140. The maximum absolute atomic E-state index is 14.5. The van der Waals surface area contributed by atoms with Gasteiger partial charge in [0.25, 0.3) is 10.0 Å². The standard InChI is InChI=1S/C35H35BrClN3O4S/c36-28-17-21-31(22-18-28)40(45(43,44)32-13-5-2-6-14-32)25-34(41)39(24-27-15-19-29(37)20-16-27)33(23-26-9-3-1-4-10-26)35(42)38-30-11-7-8-12-30/h1-6,9-10,13-22,30,33H,7-8,11-12,23-25H2,(H,38,42). The van der Waals surface area contributed by atoms with Crippen molar-refractivity contribution in [1.29, 1.82) is 0 Å². The fraction of sp³-hybridized carbons (Fsp3) is 0.257. The van der Waals surface area contributed by atoms with E-state index in [-0.39, 0.29) is 29.8 Å². The molecule has 4 aromatic rings. The number of nitrogens with one attached hydrogen (secondary N) is 1. The van der Waals surface area contributed by atoms with Crippen LogP contribution in [0, 0.1) is 0 Å². The SMILES string of the molecule is O=C(NC1CCCC1)C(Cc1ccccc1)N(Cc1ccc(Cl)cc1)C(=O)CN(c1ccc(Br)cc1)S(=O)(=O)c1ccccc1. The molecule has 7 nitrogen and oxygen atoms in total. The number of carbonyl (C=O) groups excluding carboxylic acids is 2. The van der Waals surface area contributed by atoms with Gasteiger partial charge in [-0.15, -0.1) is 0 Å². The van der Waals surface area contributed by atoms with Crippen molar-refractivity contribution in [1.82, 2.24) is 10.2 Å². The highest BCUT2D eigenvalue weighted by Crippen LogP contribution is 2.27. The van der Waals surface area contributed by atoms with E-state index in [9.17, 15) is 18.0 Å². The van der Waals surface area contributed by atoms with Gasteiger partial charge in [0, 0.05) is 28.5 Å². The van der Waals surface area contributed by atoms with Gasteiger partial charge in [-0.2, -0.15) is 0 Å². The second-order valence-corrected chi connectivity index (χ2v) is 14.4. The molecule has 0 aliphatic heterocycles. The van der Waals surface area contributed by atoms with Gasteiger partial charge >= 0.3 is 0 Å². The average molecular weight is 709 g/mol. The van der Waals surface area contributed by atoms with E-state index in [0.29, 0.717) is 10.7 Å². The zero-order valence-corrected chi connectivity index (χ0v) is 27.8. The van der Waals surface area contributed by atoms with Crippen LogP contribution in [0.4, 0.5) is 5.69 Å². The minimum atomic E-state index is -4.14. The molecule has 1 unspecified atom stereocenters. The number of hydrogen-bond donors (Lipinski definition) is 1. The van der Waals surface area contributed by atoms with E-state index in [2.05, 4.69) is 21.2 Å². The number of amides is 2. The van der Waals surface area contributed by atoms with Crippen molar-refractivity contribution in [3.8, 4) is 0 Å². The van der Waals surface area contributed by atoms with Gasteiger partial charge in [-0.05, 0) is 72.5 Å². The maximum Gasteiger partial charge on any atom is 0.264 e. The first-order valence-corrected chi connectivity index (χ1v) is 17.5. The molecular formula is C35H35BrClN3O4S. The summed E-state index contributed by atoms with van der Waals surface area (Å²) in [6.45, 7) is -0.417. The van der Waals surface area contributed by atoms with Gasteiger partial charge in [0.2, 0.25) is 11.8 Å². The third-order valence-electron chi connectivity index (χ3n) is 7.96. The number of sulfonamides is 1. The van der Waals surface area contributed by atoms with Crippen LogP contribution in [-0.4, -0.2) is 43.8 Å². The smallest absolute Gasteiger partial charge is 0.264 e. The van der Waals surface area contributed by atoms with Crippen molar-refractivity contribution in [2.24, 2.45) is 0 Å². The Morgan fingerprint density at radius 3 is 2.04 bits per heavy atom. The molecule has 1 aliphatic carbocycles. The second kappa shape index (κ2) is 15.1. The average Bonchev–Trinajstić information content (AvgIpc) is 3.57. The Balaban J connectivity index is 1.55. The molecule has 4 aromatic carbocycles. The predicted molar refractivity (Wildman–Crippen MR) is 181 cm³/mol. The highest BCUT2D eigenvalue weighted by molar-refractivity contribution is 9.10. The number of rotatable bonds is 12. The number of hydrogen-bond acceptors (Lipinski definition) is 4. The number of halogens is 2. The minimum Gasteiger partial charge on any atom is -0.352 e. The molecular weight excluding hydrogens is 674 g/mol. The molecule has 45 heavy (non-hydrogen) atoms. The molecule has 0 spiro atoms. The van der Waals surface area contributed by atoms with Gasteiger partial charge in [-0.1, -0.05) is 101 Å². The van der Waals surface area contributed by atoms with Gasteiger partial charge < -0.3 is 10.2 Å². The van der Waals surface area contributed by atoms with Crippen LogP contribution in [-0.2, 0) is 32.6 Å². The molecule has 2 amide bonds. The summed E-state index contributed by atoms with van der Waals surface area (Å²) in [4.78, 5) is 30.1. The summed E-state index contributed by atoms with van der Waals surface area (Å²) in [5, 5.41) is 3.73. The fourth-order valence-corrected chi connectivity index (χ4v) is 7.39. The second-order valence-electron chi connectivity index (χ2n) is 11.1. The van der Waals surface area contributed by atoms with Gasteiger partial charge in [0.15, 0.2) is 0 Å². The Kier molecular flexibility index (Phi) is 11.0. The van der Waals surface area contributed by atoms with E-state index in [1.165, 1.54) is 17.0 Å². The molecule has 5 rings (SSSR count). The van der Waals surface area contributed by atoms with Crippen molar-refractivity contribution >= 4 is 55.1 Å². The van der Waals surface area contributed by atoms with Gasteiger partial charge in [-0.25, -0.2) is 8.42 Å². The minimum absolute atomic E-state index is 0.0426. The van der Waals surface area contributed by atoms with Gasteiger partial charge in [0.05, 0.1) is 10.6 Å². The third-order valence-corrected chi connectivity index (χ3v) is 10.5. The quantitative estimate of drug-likeness (QED) is 0.172. The van der Waals surface area contributed by atoms with Crippen LogP contribution < -0.4 is 9.62 Å². The summed E-state index contributed by atoms with van der Waals surface area (Å²) in [6, 6.07) is 30.6. The topological polar surface area (TPSA) is 86.8 Å². The third kappa shape index (κ3) is 8.54. The van der Waals surface area contributed by atoms with E-state index < -0.39 is 28.5 Å². The Bertz CT molecular complexity index is 1680. The molecule has 1 fully saturated rings. The lowest BCUT2D eigenvalue weighted by Gasteiger charge is -2.34. The number of carbonyl (C=O) groups is 2. The molecule has 1 saturated carbocycles. The number of anilines is 1. The predicted octanol–water partition coefficient (Wildman–Crippen LogP) is 7.00. The van der Waals surface area contributed by atoms with Crippen molar-refractivity contribution in [3.63, 3.8) is 0 Å². The Labute approximate surface area is 278 Å². The van der Waals surface area contributed by atoms with Crippen molar-refractivity contribution in [2.45, 2.75) is 55.6 Å². The Hall–Kier alpha value is -3.66. The molecule has 1 atom stereocenters. The van der Waals surface area contributed by atoms with Crippen molar-refractivity contribution < 1.29 is 18.0 Å². The van der Waals surface area contributed by atoms with E-state index in [0.717, 1.165) is 45.6 Å². The molecule has 1 aliphatic rings. The molecule has 0 bridgehead atoms. The molecule has 234 valence electrons. The number of benzene rings is 4. The largest absolute Gasteiger partial charge is 0.352 e. The molecule has 0 aromatic heterocycles. The first kappa shape index (κ1) is 32.7. The highest BCUT2D eigenvalue weighted by Gasteiger charge is 2.35.